The predicted octanol–water partition coefficient (Wildman–Crippen LogP) is 2.28. The second kappa shape index (κ2) is 6.47. The van der Waals surface area contributed by atoms with Gasteiger partial charge in [-0.3, -0.25) is 10.1 Å². The van der Waals surface area contributed by atoms with Gasteiger partial charge in [-0.25, -0.2) is 4.98 Å². The minimum absolute atomic E-state index is 0.0292. The summed E-state index contributed by atoms with van der Waals surface area (Å²) in [5.41, 5.74) is 0.0292. The maximum atomic E-state index is 10.5. The molecule has 6 nitrogen and oxygen atoms in total. The summed E-state index contributed by atoms with van der Waals surface area (Å²) in [7, 11) is 0. The Morgan fingerprint density at radius 1 is 1.58 bits per heavy atom. The van der Waals surface area contributed by atoms with Gasteiger partial charge in [-0.15, -0.1) is 0 Å². The second-order valence-corrected chi connectivity index (χ2v) is 4.94. The molecule has 1 aromatic heterocycles. The molecule has 0 aromatic carbocycles. The summed E-state index contributed by atoms with van der Waals surface area (Å²) in [5.74, 6) is 0.716. The fraction of sp³-hybridized carbons (Fsp3) is 0.615. The van der Waals surface area contributed by atoms with Crippen LogP contribution in [0.2, 0.25) is 0 Å². The highest BCUT2D eigenvalue weighted by Crippen LogP contribution is 2.17. The van der Waals surface area contributed by atoms with Crippen molar-refractivity contribution in [2.24, 2.45) is 0 Å². The Kier molecular flexibility index (Phi) is 4.68. The number of nitro groups is 1. The first-order valence-electron chi connectivity index (χ1n) is 6.78. The zero-order valence-electron chi connectivity index (χ0n) is 11.2. The summed E-state index contributed by atoms with van der Waals surface area (Å²) in [4.78, 5) is 16.6. The zero-order chi connectivity index (χ0) is 13.7. The summed E-state index contributed by atoms with van der Waals surface area (Å²) in [6.07, 6.45) is 4.86. The van der Waals surface area contributed by atoms with Gasteiger partial charge in [0.2, 0.25) is 0 Å². The Hall–Kier alpha value is -1.69. The number of likely N-dealkylation sites (tertiary alicyclic amines) is 1. The first kappa shape index (κ1) is 13.7. The number of unbranched alkanes of at least 4 members (excludes halogenated alkanes) is 1. The maximum Gasteiger partial charge on any atom is 0.287 e. The van der Waals surface area contributed by atoms with Gasteiger partial charge in [-0.2, -0.15) is 0 Å². The van der Waals surface area contributed by atoms with E-state index in [-0.39, 0.29) is 5.69 Å². The molecule has 2 heterocycles. The number of hydrogen-bond donors (Lipinski definition) is 1. The first-order chi connectivity index (χ1) is 9.19. The molecule has 0 unspecified atom stereocenters. The molecule has 0 bridgehead atoms. The van der Waals surface area contributed by atoms with Crippen molar-refractivity contribution in [1.29, 1.82) is 0 Å². The van der Waals surface area contributed by atoms with Crippen molar-refractivity contribution in [2.75, 3.05) is 25.0 Å². The van der Waals surface area contributed by atoms with Crippen LogP contribution in [-0.4, -0.2) is 40.5 Å². The van der Waals surface area contributed by atoms with Gasteiger partial charge < -0.3 is 10.2 Å². The van der Waals surface area contributed by atoms with Gasteiger partial charge in [0.25, 0.3) is 5.69 Å². The molecule has 0 spiro atoms. The molecule has 0 aliphatic carbocycles. The summed E-state index contributed by atoms with van der Waals surface area (Å²) in [5, 5.41) is 13.9. The summed E-state index contributed by atoms with van der Waals surface area (Å²) < 4.78 is 0. The molecular formula is C13H20N4O2. The van der Waals surface area contributed by atoms with E-state index in [1.54, 1.807) is 6.07 Å². The third-order valence-corrected chi connectivity index (χ3v) is 3.41. The van der Waals surface area contributed by atoms with Crippen molar-refractivity contribution in [3.63, 3.8) is 0 Å². The first-order valence-corrected chi connectivity index (χ1v) is 6.78. The molecule has 1 aromatic rings. The molecule has 2 rings (SSSR count). The van der Waals surface area contributed by atoms with Gasteiger partial charge in [0.1, 0.15) is 12.0 Å². The number of nitrogens with one attached hydrogen (secondary N) is 1. The average molecular weight is 264 g/mol. The zero-order valence-corrected chi connectivity index (χ0v) is 11.2. The van der Waals surface area contributed by atoms with Crippen LogP contribution in [0.4, 0.5) is 11.5 Å². The standard InChI is InChI=1S/C13H20N4O2/c1-2-3-7-16-8-6-11(10-16)15-13-5-4-12(9-14-13)17(18)19/h4-5,9,11H,2-3,6-8,10H2,1H3,(H,14,15)/t11-/m0/s1. The van der Waals surface area contributed by atoms with E-state index in [0.29, 0.717) is 11.9 Å². The average Bonchev–Trinajstić information content (AvgIpc) is 2.84. The largest absolute Gasteiger partial charge is 0.366 e. The number of nitrogens with zero attached hydrogens (tertiary/aromatic N) is 3. The van der Waals surface area contributed by atoms with Crippen LogP contribution in [0.25, 0.3) is 0 Å². The molecular weight excluding hydrogens is 244 g/mol. The molecule has 6 heteroatoms. The van der Waals surface area contributed by atoms with Crippen LogP contribution in [0.5, 0.6) is 0 Å². The molecule has 0 radical (unpaired) electrons. The molecule has 1 N–H and O–H groups in total. The third-order valence-electron chi connectivity index (χ3n) is 3.41. The van der Waals surface area contributed by atoms with Crippen LogP contribution in [0.1, 0.15) is 26.2 Å². The highest BCUT2D eigenvalue weighted by molar-refractivity contribution is 5.41. The van der Waals surface area contributed by atoms with Crippen LogP contribution >= 0.6 is 0 Å². The van der Waals surface area contributed by atoms with Gasteiger partial charge >= 0.3 is 0 Å². The van der Waals surface area contributed by atoms with Crippen LogP contribution in [0.15, 0.2) is 18.3 Å². The Bertz CT molecular complexity index is 421. The van der Waals surface area contributed by atoms with Crippen LogP contribution in [-0.2, 0) is 0 Å². The topological polar surface area (TPSA) is 71.3 Å². The third kappa shape index (κ3) is 3.89. The van der Waals surface area contributed by atoms with Crippen LogP contribution in [0, 0.1) is 10.1 Å². The molecule has 0 saturated carbocycles. The lowest BCUT2D eigenvalue weighted by molar-refractivity contribution is -0.385. The van der Waals surface area contributed by atoms with Crippen molar-refractivity contribution in [1.82, 2.24) is 9.88 Å². The molecule has 0 amide bonds. The van der Waals surface area contributed by atoms with Crippen molar-refractivity contribution in [3.8, 4) is 0 Å². The Balaban J connectivity index is 1.83. The van der Waals surface area contributed by atoms with Crippen LogP contribution < -0.4 is 5.32 Å². The summed E-state index contributed by atoms with van der Waals surface area (Å²) in [6.45, 7) is 5.50. The van der Waals surface area contributed by atoms with Gasteiger partial charge in [-0.05, 0) is 25.5 Å². The van der Waals surface area contributed by atoms with Crippen molar-refractivity contribution >= 4 is 11.5 Å². The monoisotopic (exact) mass is 264 g/mol. The van der Waals surface area contributed by atoms with E-state index in [1.807, 2.05) is 0 Å². The summed E-state index contributed by atoms with van der Waals surface area (Å²) >= 11 is 0. The molecule has 104 valence electrons. The molecule has 1 saturated heterocycles. The lowest BCUT2D eigenvalue weighted by Gasteiger charge is -2.16. The normalized spacial score (nSPS) is 19.5. The van der Waals surface area contributed by atoms with Crippen molar-refractivity contribution in [3.05, 3.63) is 28.4 Å². The Morgan fingerprint density at radius 3 is 3.05 bits per heavy atom. The SMILES string of the molecule is CCCCN1CC[C@H](Nc2ccc([N+](=O)[O-])cn2)C1. The van der Waals surface area contributed by atoms with E-state index in [4.69, 9.17) is 0 Å². The van der Waals surface area contributed by atoms with Gasteiger partial charge in [-0.1, -0.05) is 13.3 Å². The lowest BCUT2D eigenvalue weighted by Crippen LogP contribution is -2.27. The fourth-order valence-corrected chi connectivity index (χ4v) is 2.32. The quantitative estimate of drug-likeness (QED) is 0.630. The minimum atomic E-state index is -0.432. The number of aromatic nitrogens is 1. The van der Waals surface area contributed by atoms with Crippen LogP contribution in [0.3, 0.4) is 0 Å². The minimum Gasteiger partial charge on any atom is -0.366 e. The van der Waals surface area contributed by atoms with E-state index in [2.05, 4.69) is 22.1 Å². The van der Waals surface area contributed by atoms with E-state index in [9.17, 15) is 10.1 Å². The van der Waals surface area contributed by atoms with E-state index < -0.39 is 4.92 Å². The maximum absolute atomic E-state index is 10.5. The van der Waals surface area contributed by atoms with E-state index >= 15 is 0 Å². The molecule has 1 aliphatic rings. The molecule has 1 fully saturated rings. The predicted molar refractivity (Wildman–Crippen MR) is 74.3 cm³/mol. The van der Waals surface area contributed by atoms with Gasteiger partial charge in [0, 0.05) is 25.2 Å². The van der Waals surface area contributed by atoms with Crippen molar-refractivity contribution < 1.29 is 4.92 Å². The Labute approximate surface area is 113 Å². The molecule has 1 atom stereocenters. The summed E-state index contributed by atoms with van der Waals surface area (Å²) in [6, 6.07) is 3.55. The number of anilines is 1. The highest BCUT2D eigenvalue weighted by Gasteiger charge is 2.21. The van der Waals surface area contributed by atoms with Gasteiger partial charge in [0.05, 0.1) is 4.92 Å². The number of pyridine rings is 1. The lowest BCUT2D eigenvalue weighted by atomic mass is 10.2. The Morgan fingerprint density at radius 2 is 2.42 bits per heavy atom. The molecule has 19 heavy (non-hydrogen) atoms. The highest BCUT2D eigenvalue weighted by atomic mass is 16.6. The number of hydrogen-bond acceptors (Lipinski definition) is 5. The number of rotatable bonds is 6. The van der Waals surface area contributed by atoms with Gasteiger partial charge in [0.15, 0.2) is 0 Å². The smallest absolute Gasteiger partial charge is 0.287 e. The second-order valence-electron chi connectivity index (χ2n) is 4.94. The molecule has 1 aliphatic heterocycles. The van der Waals surface area contributed by atoms with Crippen molar-refractivity contribution in [2.45, 2.75) is 32.2 Å². The van der Waals surface area contributed by atoms with E-state index in [0.717, 1.165) is 26.1 Å². The van der Waals surface area contributed by atoms with E-state index in [1.165, 1.54) is 25.1 Å². The fourth-order valence-electron chi connectivity index (χ4n) is 2.32.